The molecule has 0 aromatic rings. The Balaban J connectivity index is 2.41. The quantitative estimate of drug-likeness (QED) is 0.566. The van der Waals surface area contributed by atoms with Gasteiger partial charge in [-0.25, -0.2) is 0 Å². The van der Waals surface area contributed by atoms with Crippen molar-refractivity contribution in [2.75, 3.05) is 13.1 Å². The van der Waals surface area contributed by atoms with Crippen LogP contribution in [0.5, 0.6) is 0 Å². The fourth-order valence-electron chi connectivity index (χ4n) is 1.05. The first-order valence-electron chi connectivity index (χ1n) is 3.91. The van der Waals surface area contributed by atoms with Crippen LogP contribution < -0.4 is 5.32 Å². The number of hydrogen-bond acceptors (Lipinski definition) is 3. The average molecular weight is 157 g/mol. The Morgan fingerprint density at radius 1 is 1.27 bits per heavy atom. The Morgan fingerprint density at radius 2 is 1.73 bits per heavy atom. The maximum atomic E-state index is 5.28. The molecule has 2 atom stereocenters. The fourth-order valence-corrected chi connectivity index (χ4v) is 1.05. The van der Waals surface area contributed by atoms with Gasteiger partial charge in [-0.2, -0.15) is 0 Å². The summed E-state index contributed by atoms with van der Waals surface area (Å²) in [5.41, 5.74) is 0. The molecule has 0 aliphatic carbocycles. The highest BCUT2D eigenvalue weighted by molar-refractivity contribution is 4.76. The monoisotopic (exact) mass is 157 g/mol. The second-order valence-corrected chi connectivity index (χ2v) is 2.89. The van der Waals surface area contributed by atoms with Crippen molar-refractivity contribution in [3.8, 4) is 0 Å². The van der Waals surface area contributed by atoms with Gasteiger partial charge in [-0.05, 0) is 20.4 Å². The third kappa shape index (κ3) is 2.80. The summed E-state index contributed by atoms with van der Waals surface area (Å²) in [5, 5.41) is 3.22. The normalized spacial score (nSPS) is 33.1. The molecule has 2 unspecified atom stereocenters. The van der Waals surface area contributed by atoms with Crippen LogP contribution in [0.25, 0.3) is 0 Å². The molecule has 1 heterocycles. The predicted octanol–water partition coefficient (Wildman–Crippen LogP) is 0.871. The molecule has 11 heavy (non-hydrogen) atoms. The van der Waals surface area contributed by atoms with Gasteiger partial charge >= 0.3 is 0 Å². The molecule has 64 valence electrons. The first kappa shape index (κ1) is 8.40. The predicted molar refractivity (Wildman–Crippen MR) is 43.1 cm³/mol. The molecule has 3 heteroatoms. The van der Waals surface area contributed by atoms with E-state index in [1.165, 1.54) is 0 Å². The Bertz CT molecular complexity index is 133. The van der Waals surface area contributed by atoms with Crippen LogP contribution in [0.3, 0.4) is 0 Å². The molecule has 1 aliphatic rings. The van der Waals surface area contributed by atoms with E-state index in [1.54, 1.807) is 0 Å². The zero-order chi connectivity index (χ0) is 8.27. The van der Waals surface area contributed by atoms with Crippen molar-refractivity contribution in [1.82, 2.24) is 5.32 Å². The molecule has 1 aliphatic heterocycles. The summed E-state index contributed by atoms with van der Waals surface area (Å²) in [4.78, 5) is 0. The number of hydrogen-bond donors (Lipinski definition) is 1. The van der Waals surface area contributed by atoms with Gasteiger partial charge in [0.1, 0.15) is 12.2 Å². The highest BCUT2D eigenvalue weighted by Crippen LogP contribution is 2.07. The second kappa shape index (κ2) is 3.62. The average Bonchev–Trinajstić information content (AvgIpc) is 1.83. The molecule has 1 rings (SSSR count). The van der Waals surface area contributed by atoms with Crippen molar-refractivity contribution >= 4 is 0 Å². The van der Waals surface area contributed by atoms with Crippen LogP contribution >= 0.6 is 0 Å². The van der Waals surface area contributed by atoms with E-state index in [1.807, 2.05) is 13.8 Å². The highest BCUT2D eigenvalue weighted by Gasteiger charge is 2.12. The van der Waals surface area contributed by atoms with Crippen LogP contribution in [0.2, 0.25) is 0 Å². The zero-order valence-electron chi connectivity index (χ0n) is 7.09. The third-order valence-electron chi connectivity index (χ3n) is 1.53. The van der Waals surface area contributed by atoms with Crippen molar-refractivity contribution in [3.05, 3.63) is 12.5 Å². The molecular weight excluding hydrogens is 142 g/mol. The smallest absolute Gasteiger partial charge is 0.272 e. The molecule has 0 bridgehead atoms. The van der Waals surface area contributed by atoms with Crippen LogP contribution in [0.15, 0.2) is 12.5 Å². The summed E-state index contributed by atoms with van der Waals surface area (Å²) in [6, 6.07) is 0. The minimum atomic E-state index is 0.148. The van der Waals surface area contributed by atoms with Gasteiger partial charge < -0.3 is 14.8 Å². The number of ether oxygens (including phenoxy) is 2. The van der Waals surface area contributed by atoms with Gasteiger partial charge in [0.05, 0.1) is 0 Å². The van der Waals surface area contributed by atoms with Gasteiger partial charge in [0.15, 0.2) is 0 Å². The van der Waals surface area contributed by atoms with E-state index in [4.69, 9.17) is 9.47 Å². The van der Waals surface area contributed by atoms with Gasteiger partial charge in [-0.15, -0.1) is 0 Å². The van der Waals surface area contributed by atoms with E-state index in [0.29, 0.717) is 5.95 Å². The van der Waals surface area contributed by atoms with Gasteiger partial charge in [-0.1, -0.05) is 0 Å². The van der Waals surface area contributed by atoms with Crippen LogP contribution in [-0.4, -0.2) is 25.3 Å². The topological polar surface area (TPSA) is 30.5 Å². The number of rotatable bonds is 0. The van der Waals surface area contributed by atoms with E-state index in [9.17, 15) is 0 Å². The molecular formula is C8H15NO2. The molecule has 3 nitrogen and oxygen atoms in total. The van der Waals surface area contributed by atoms with Crippen LogP contribution in [-0.2, 0) is 9.47 Å². The van der Waals surface area contributed by atoms with Crippen LogP contribution in [0, 0.1) is 0 Å². The maximum absolute atomic E-state index is 5.28. The summed E-state index contributed by atoms with van der Waals surface area (Å²) < 4.78 is 10.6. The van der Waals surface area contributed by atoms with E-state index >= 15 is 0 Å². The fraction of sp³-hybridized carbons (Fsp3) is 0.750. The minimum absolute atomic E-state index is 0.148. The third-order valence-corrected chi connectivity index (χ3v) is 1.53. The van der Waals surface area contributed by atoms with Crippen molar-refractivity contribution in [2.45, 2.75) is 26.1 Å². The van der Waals surface area contributed by atoms with Gasteiger partial charge in [-0.3, -0.25) is 0 Å². The Morgan fingerprint density at radius 3 is 2.18 bits per heavy atom. The molecule has 1 saturated heterocycles. The summed E-state index contributed by atoms with van der Waals surface area (Å²) in [5.74, 6) is 0.437. The van der Waals surface area contributed by atoms with Crippen LogP contribution in [0.4, 0.5) is 0 Å². The lowest BCUT2D eigenvalue weighted by Crippen LogP contribution is -2.36. The Kier molecular flexibility index (Phi) is 2.76. The van der Waals surface area contributed by atoms with E-state index in [-0.39, 0.29) is 12.2 Å². The summed E-state index contributed by atoms with van der Waals surface area (Å²) >= 11 is 0. The number of nitrogens with one attached hydrogen (secondary N) is 1. The standard InChI is InChI=1S/C8H15NO2/c1-6-4-9-5-7(2)11-8(3)10-6/h6-7,9H,3-5H2,1-2H3. The lowest BCUT2D eigenvalue weighted by atomic mass is 10.3. The van der Waals surface area contributed by atoms with Gasteiger partial charge in [0.25, 0.3) is 5.95 Å². The van der Waals surface area contributed by atoms with Crippen molar-refractivity contribution in [2.24, 2.45) is 0 Å². The lowest BCUT2D eigenvalue weighted by molar-refractivity contribution is -0.0400. The maximum Gasteiger partial charge on any atom is 0.272 e. The summed E-state index contributed by atoms with van der Waals surface area (Å²) in [7, 11) is 0. The van der Waals surface area contributed by atoms with Crippen molar-refractivity contribution < 1.29 is 9.47 Å². The molecule has 1 fully saturated rings. The first-order chi connectivity index (χ1) is 5.18. The van der Waals surface area contributed by atoms with Crippen LogP contribution in [0.1, 0.15) is 13.8 Å². The zero-order valence-corrected chi connectivity index (χ0v) is 7.09. The SMILES string of the molecule is C=C1OC(C)CNCC(C)O1. The minimum Gasteiger partial charge on any atom is -0.461 e. The largest absolute Gasteiger partial charge is 0.461 e. The van der Waals surface area contributed by atoms with E-state index in [0.717, 1.165) is 13.1 Å². The molecule has 0 aromatic carbocycles. The molecule has 0 amide bonds. The Labute approximate surface area is 67.4 Å². The molecule has 0 radical (unpaired) electrons. The van der Waals surface area contributed by atoms with Gasteiger partial charge in [0.2, 0.25) is 0 Å². The lowest BCUT2D eigenvalue weighted by Gasteiger charge is -2.24. The van der Waals surface area contributed by atoms with E-state index < -0.39 is 0 Å². The first-order valence-corrected chi connectivity index (χ1v) is 3.91. The van der Waals surface area contributed by atoms with Crippen molar-refractivity contribution in [3.63, 3.8) is 0 Å². The Hall–Kier alpha value is -0.700. The molecule has 0 saturated carbocycles. The summed E-state index contributed by atoms with van der Waals surface area (Å²) in [6.45, 7) is 9.32. The molecule has 0 aromatic heterocycles. The molecule has 0 spiro atoms. The summed E-state index contributed by atoms with van der Waals surface area (Å²) in [6.07, 6.45) is 0.296. The molecule has 1 N–H and O–H groups in total. The van der Waals surface area contributed by atoms with E-state index in [2.05, 4.69) is 11.9 Å². The van der Waals surface area contributed by atoms with Gasteiger partial charge in [0, 0.05) is 13.1 Å². The second-order valence-electron chi connectivity index (χ2n) is 2.89. The highest BCUT2D eigenvalue weighted by atomic mass is 16.7. The van der Waals surface area contributed by atoms with Crippen molar-refractivity contribution in [1.29, 1.82) is 0 Å².